The number of ether oxygens (including phenoxy) is 1. The Labute approximate surface area is 135 Å². The van der Waals surface area contributed by atoms with Gasteiger partial charge >= 0.3 is 6.18 Å². The number of rotatable bonds is 1. The van der Waals surface area contributed by atoms with Gasteiger partial charge in [-0.15, -0.1) is 12.4 Å². The number of nitrogens with zero attached hydrogens (tertiary/aromatic N) is 1. The van der Waals surface area contributed by atoms with E-state index in [1.54, 1.807) is 12.1 Å². The molecular weight excluding hydrogens is 336 g/mol. The molecule has 1 atom stereocenters. The van der Waals surface area contributed by atoms with Crippen molar-refractivity contribution < 1.29 is 22.3 Å². The molecule has 1 aromatic carbocycles. The Hall–Kier alpha value is -1.86. The van der Waals surface area contributed by atoms with Crippen molar-refractivity contribution in [1.29, 1.82) is 0 Å². The molecule has 124 valence electrons. The third-order valence-corrected chi connectivity index (χ3v) is 3.74. The van der Waals surface area contributed by atoms with Gasteiger partial charge in [-0.2, -0.15) is 13.2 Å². The van der Waals surface area contributed by atoms with E-state index in [-0.39, 0.29) is 24.6 Å². The third kappa shape index (κ3) is 2.98. The van der Waals surface area contributed by atoms with Gasteiger partial charge in [0.1, 0.15) is 17.3 Å². The van der Waals surface area contributed by atoms with Gasteiger partial charge in [0.05, 0.1) is 17.7 Å². The van der Waals surface area contributed by atoms with E-state index in [0.717, 1.165) is 6.07 Å². The number of aromatic nitrogens is 1. The lowest BCUT2D eigenvalue weighted by Gasteiger charge is -2.34. The standard InChI is InChI=1S/C15H12F4N2O.ClH/c16-11-8-9(3-4-10(11)15(17,18)19)14(20)5-7-22-12-2-1-6-21-13(12)14;/h1-4,6,8H,5,7,20H2;1H. The third-order valence-electron chi connectivity index (χ3n) is 3.74. The number of pyridine rings is 1. The first kappa shape index (κ1) is 17.5. The summed E-state index contributed by atoms with van der Waals surface area (Å²) in [6.45, 7) is 0.276. The molecule has 0 radical (unpaired) electrons. The molecule has 1 aliphatic rings. The highest BCUT2D eigenvalue weighted by Crippen LogP contribution is 2.40. The molecule has 0 amide bonds. The average Bonchev–Trinajstić information content (AvgIpc) is 2.46. The summed E-state index contributed by atoms with van der Waals surface area (Å²) in [5.41, 5.74) is 4.46. The Morgan fingerprint density at radius 3 is 2.61 bits per heavy atom. The average molecular weight is 349 g/mol. The van der Waals surface area contributed by atoms with Crippen LogP contribution < -0.4 is 10.5 Å². The Bertz CT molecular complexity index is 723. The van der Waals surface area contributed by atoms with Gasteiger partial charge in [-0.05, 0) is 29.8 Å². The summed E-state index contributed by atoms with van der Waals surface area (Å²) in [7, 11) is 0. The quantitative estimate of drug-likeness (QED) is 0.800. The minimum absolute atomic E-state index is 0. The molecule has 0 fully saturated rings. The molecule has 2 heterocycles. The van der Waals surface area contributed by atoms with Crippen molar-refractivity contribution in [3.05, 3.63) is 59.2 Å². The van der Waals surface area contributed by atoms with Crippen molar-refractivity contribution in [2.75, 3.05) is 6.61 Å². The molecule has 2 N–H and O–H groups in total. The molecule has 8 heteroatoms. The van der Waals surface area contributed by atoms with Crippen molar-refractivity contribution >= 4 is 12.4 Å². The van der Waals surface area contributed by atoms with E-state index in [0.29, 0.717) is 23.9 Å². The van der Waals surface area contributed by atoms with E-state index < -0.39 is 23.1 Å². The lowest BCUT2D eigenvalue weighted by molar-refractivity contribution is -0.140. The van der Waals surface area contributed by atoms with Gasteiger partial charge in [-0.25, -0.2) is 4.39 Å². The van der Waals surface area contributed by atoms with Crippen LogP contribution in [0.2, 0.25) is 0 Å². The van der Waals surface area contributed by atoms with Crippen molar-refractivity contribution in [3.63, 3.8) is 0 Å². The van der Waals surface area contributed by atoms with Crippen LogP contribution in [0.25, 0.3) is 0 Å². The molecule has 0 bridgehead atoms. The highest BCUT2D eigenvalue weighted by atomic mass is 35.5. The molecule has 0 saturated carbocycles. The van der Waals surface area contributed by atoms with Gasteiger partial charge in [-0.1, -0.05) is 6.07 Å². The first-order chi connectivity index (χ1) is 10.3. The second kappa shape index (κ2) is 5.98. The SMILES string of the molecule is Cl.NC1(c2ccc(C(F)(F)F)c(F)c2)CCOc2cccnc21. The van der Waals surface area contributed by atoms with Crippen LogP contribution >= 0.6 is 12.4 Å². The molecule has 1 aromatic heterocycles. The van der Waals surface area contributed by atoms with Gasteiger partial charge in [0.25, 0.3) is 0 Å². The van der Waals surface area contributed by atoms with Crippen LogP contribution in [0.15, 0.2) is 36.5 Å². The molecule has 23 heavy (non-hydrogen) atoms. The minimum Gasteiger partial charge on any atom is -0.491 e. The van der Waals surface area contributed by atoms with E-state index in [4.69, 9.17) is 10.5 Å². The first-order valence-electron chi connectivity index (χ1n) is 6.57. The van der Waals surface area contributed by atoms with Crippen LogP contribution in [0.3, 0.4) is 0 Å². The van der Waals surface area contributed by atoms with Gasteiger partial charge < -0.3 is 10.5 Å². The van der Waals surface area contributed by atoms with Crippen LogP contribution in [-0.4, -0.2) is 11.6 Å². The predicted molar refractivity (Wildman–Crippen MR) is 78.0 cm³/mol. The van der Waals surface area contributed by atoms with Gasteiger partial charge in [0, 0.05) is 12.6 Å². The molecule has 0 aliphatic carbocycles. The lowest BCUT2D eigenvalue weighted by atomic mass is 9.82. The van der Waals surface area contributed by atoms with Crippen molar-refractivity contribution in [2.24, 2.45) is 5.73 Å². The maximum absolute atomic E-state index is 13.8. The van der Waals surface area contributed by atoms with E-state index >= 15 is 0 Å². The second-order valence-corrected chi connectivity index (χ2v) is 5.11. The zero-order chi connectivity index (χ0) is 16.0. The van der Waals surface area contributed by atoms with Crippen molar-refractivity contribution in [3.8, 4) is 5.75 Å². The largest absolute Gasteiger partial charge is 0.491 e. The molecule has 1 unspecified atom stereocenters. The minimum atomic E-state index is -4.74. The molecular formula is C15H13ClF4N2O. The maximum Gasteiger partial charge on any atom is 0.419 e. The van der Waals surface area contributed by atoms with E-state index in [2.05, 4.69) is 4.98 Å². The number of alkyl halides is 3. The topological polar surface area (TPSA) is 48.1 Å². The van der Waals surface area contributed by atoms with E-state index in [1.807, 2.05) is 0 Å². The Morgan fingerprint density at radius 2 is 1.96 bits per heavy atom. The molecule has 3 nitrogen and oxygen atoms in total. The van der Waals surface area contributed by atoms with Gasteiger partial charge in [0.2, 0.25) is 0 Å². The Kier molecular flexibility index (Phi) is 4.54. The number of nitrogens with two attached hydrogens (primary N) is 1. The van der Waals surface area contributed by atoms with Crippen LogP contribution in [0.4, 0.5) is 17.6 Å². The smallest absolute Gasteiger partial charge is 0.419 e. The summed E-state index contributed by atoms with van der Waals surface area (Å²) in [5, 5.41) is 0. The predicted octanol–water partition coefficient (Wildman–Crippen LogP) is 3.65. The lowest BCUT2D eigenvalue weighted by Crippen LogP contribution is -2.43. The Balaban J connectivity index is 0.00000192. The fourth-order valence-corrected chi connectivity index (χ4v) is 2.59. The molecule has 3 rings (SSSR count). The zero-order valence-corrected chi connectivity index (χ0v) is 12.5. The maximum atomic E-state index is 13.8. The monoisotopic (exact) mass is 348 g/mol. The molecule has 1 aliphatic heterocycles. The van der Waals surface area contributed by atoms with Crippen LogP contribution in [0.1, 0.15) is 23.2 Å². The number of hydrogen-bond acceptors (Lipinski definition) is 3. The highest BCUT2D eigenvalue weighted by molar-refractivity contribution is 5.85. The zero-order valence-electron chi connectivity index (χ0n) is 11.7. The number of halogens is 5. The normalized spacial score (nSPS) is 20.2. The summed E-state index contributed by atoms with van der Waals surface area (Å²) in [4.78, 5) is 4.16. The summed E-state index contributed by atoms with van der Waals surface area (Å²) < 4.78 is 57.2. The summed E-state index contributed by atoms with van der Waals surface area (Å²) in [6.07, 6.45) is -2.94. The van der Waals surface area contributed by atoms with Crippen LogP contribution in [0, 0.1) is 5.82 Å². The van der Waals surface area contributed by atoms with Crippen molar-refractivity contribution in [2.45, 2.75) is 18.1 Å². The fraction of sp³-hybridized carbons (Fsp3) is 0.267. The van der Waals surface area contributed by atoms with E-state index in [9.17, 15) is 17.6 Å². The highest BCUT2D eigenvalue weighted by Gasteiger charge is 2.39. The van der Waals surface area contributed by atoms with Crippen LogP contribution in [-0.2, 0) is 11.7 Å². The summed E-state index contributed by atoms with van der Waals surface area (Å²) >= 11 is 0. The van der Waals surface area contributed by atoms with E-state index in [1.165, 1.54) is 12.3 Å². The summed E-state index contributed by atoms with van der Waals surface area (Å²) in [5.74, 6) is -0.893. The second-order valence-electron chi connectivity index (χ2n) is 5.11. The molecule has 0 spiro atoms. The Morgan fingerprint density at radius 1 is 1.22 bits per heavy atom. The van der Waals surface area contributed by atoms with Crippen molar-refractivity contribution in [1.82, 2.24) is 4.98 Å². The number of hydrogen-bond donors (Lipinski definition) is 1. The molecule has 2 aromatic rings. The van der Waals surface area contributed by atoms with Gasteiger partial charge in [0.15, 0.2) is 0 Å². The summed E-state index contributed by atoms with van der Waals surface area (Å²) in [6, 6.07) is 6.06. The van der Waals surface area contributed by atoms with Crippen LogP contribution in [0.5, 0.6) is 5.75 Å². The number of fused-ring (bicyclic) bond motifs is 1. The number of benzene rings is 1. The first-order valence-corrected chi connectivity index (χ1v) is 6.57. The molecule has 0 saturated heterocycles. The van der Waals surface area contributed by atoms with Gasteiger partial charge in [-0.3, -0.25) is 4.98 Å². The fourth-order valence-electron chi connectivity index (χ4n) is 2.59.